The average Bonchev–Trinajstić information content (AvgIpc) is 2.67. The fourth-order valence-electron chi connectivity index (χ4n) is 1.99. The van der Waals surface area contributed by atoms with E-state index in [4.69, 9.17) is 5.11 Å². The third-order valence-electron chi connectivity index (χ3n) is 2.97. The molecule has 1 saturated heterocycles. The lowest BCUT2D eigenvalue weighted by Gasteiger charge is -2.16. The molecule has 0 saturated carbocycles. The fraction of sp³-hybridized carbons (Fsp3) is 0.900. The zero-order valence-electron chi connectivity index (χ0n) is 9.55. The first-order chi connectivity index (χ1) is 7.47. The minimum absolute atomic E-state index is 0.0438. The Morgan fingerprint density at radius 3 is 2.38 bits per heavy atom. The lowest BCUT2D eigenvalue weighted by Crippen LogP contribution is -2.35. The quantitative estimate of drug-likeness (QED) is 0.735. The number of hydrogen-bond acceptors (Lipinski definition) is 4. The highest BCUT2D eigenvalue weighted by Gasteiger charge is 2.30. The highest BCUT2D eigenvalue weighted by atomic mass is 32.2. The molecular weight excluding hydrogens is 230 g/mol. The number of nitrogens with zero attached hydrogens (tertiary/aromatic N) is 1. The molecule has 0 spiro atoms. The average molecular weight is 249 g/mol. The summed E-state index contributed by atoms with van der Waals surface area (Å²) in [7, 11) is -3.50. The number of hydrogen-bond donors (Lipinski definition) is 1. The van der Waals surface area contributed by atoms with Crippen LogP contribution in [0.4, 0.5) is 0 Å². The van der Waals surface area contributed by atoms with Gasteiger partial charge in [0.1, 0.15) is 0 Å². The first-order valence-corrected chi connectivity index (χ1v) is 7.35. The highest BCUT2D eigenvalue weighted by Crippen LogP contribution is 2.11. The third kappa shape index (κ3) is 3.45. The molecule has 1 aliphatic heterocycles. The molecule has 0 amide bonds. The fourth-order valence-corrected chi connectivity index (χ4v) is 3.60. The van der Waals surface area contributed by atoms with Crippen LogP contribution in [0.25, 0.3) is 0 Å². The van der Waals surface area contributed by atoms with Gasteiger partial charge in [0.05, 0.1) is 5.75 Å². The maximum atomic E-state index is 11.8. The minimum atomic E-state index is -3.50. The molecule has 0 aromatic heterocycles. The van der Waals surface area contributed by atoms with E-state index >= 15 is 0 Å². The largest absolute Gasteiger partial charge is 0.480 e. The molecule has 1 N–H and O–H groups in total. The van der Waals surface area contributed by atoms with E-state index < -0.39 is 21.1 Å². The van der Waals surface area contributed by atoms with Gasteiger partial charge in [0.25, 0.3) is 0 Å². The highest BCUT2D eigenvalue weighted by molar-refractivity contribution is 7.92. The van der Waals surface area contributed by atoms with E-state index in [9.17, 15) is 13.2 Å². The maximum absolute atomic E-state index is 11.8. The summed E-state index contributed by atoms with van der Waals surface area (Å²) in [5.74, 6) is -1.28. The van der Waals surface area contributed by atoms with Crippen molar-refractivity contribution in [1.82, 2.24) is 4.90 Å². The van der Waals surface area contributed by atoms with Gasteiger partial charge in [-0.2, -0.15) is 0 Å². The molecule has 0 bridgehead atoms. The van der Waals surface area contributed by atoms with E-state index in [2.05, 4.69) is 4.90 Å². The number of carbonyl (C=O) groups is 1. The molecule has 0 aliphatic carbocycles. The zero-order valence-corrected chi connectivity index (χ0v) is 10.4. The SMILES string of the molecule is CCC(C(=O)O)S(=O)(=O)CCN1CCCC1. The molecule has 5 nitrogen and oxygen atoms in total. The van der Waals surface area contributed by atoms with Crippen molar-refractivity contribution < 1.29 is 18.3 Å². The summed E-state index contributed by atoms with van der Waals surface area (Å²) in [6, 6.07) is 0. The lowest BCUT2D eigenvalue weighted by atomic mass is 10.3. The number of aliphatic carboxylic acids is 1. The van der Waals surface area contributed by atoms with Gasteiger partial charge in [-0.1, -0.05) is 6.92 Å². The number of carboxylic acids is 1. The van der Waals surface area contributed by atoms with Crippen molar-refractivity contribution in [2.24, 2.45) is 0 Å². The minimum Gasteiger partial charge on any atom is -0.480 e. The molecular formula is C10H19NO4S. The molecule has 0 radical (unpaired) electrons. The van der Waals surface area contributed by atoms with Crippen LogP contribution in [0.2, 0.25) is 0 Å². The molecule has 1 atom stereocenters. The molecule has 1 rings (SSSR count). The zero-order chi connectivity index (χ0) is 12.2. The van der Waals surface area contributed by atoms with E-state index in [0.29, 0.717) is 6.54 Å². The summed E-state index contributed by atoms with van der Waals surface area (Å²) in [6.07, 6.45) is 2.35. The smallest absolute Gasteiger partial charge is 0.321 e. The van der Waals surface area contributed by atoms with Gasteiger partial charge >= 0.3 is 5.97 Å². The molecule has 1 aliphatic rings. The van der Waals surface area contributed by atoms with Gasteiger partial charge in [-0.05, 0) is 32.4 Å². The standard InChI is InChI=1S/C10H19NO4S/c1-2-9(10(12)13)16(14,15)8-7-11-5-3-4-6-11/h9H,2-8H2,1H3,(H,12,13). The lowest BCUT2D eigenvalue weighted by molar-refractivity contribution is -0.136. The van der Waals surface area contributed by atoms with Gasteiger partial charge in [0.2, 0.25) is 0 Å². The van der Waals surface area contributed by atoms with E-state index in [1.807, 2.05) is 0 Å². The predicted octanol–water partition coefficient (Wildman–Crippen LogP) is 0.360. The number of rotatable bonds is 6. The van der Waals surface area contributed by atoms with E-state index in [-0.39, 0.29) is 12.2 Å². The second-order valence-electron chi connectivity index (χ2n) is 4.15. The van der Waals surface area contributed by atoms with Crippen LogP contribution in [0.1, 0.15) is 26.2 Å². The van der Waals surface area contributed by atoms with Crippen LogP contribution in [0.5, 0.6) is 0 Å². The van der Waals surface area contributed by atoms with Crippen molar-refractivity contribution in [3.63, 3.8) is 0 Å². The van der Waals surface area contributed by atoms with Crippen molar-refractivity contribution in [2.75, 3.05) is 25.4 Å². The predicted molar refractivity (Wildman–Crippen MR) is 61.2 cm³/mol. The van der Waals surface area contributed by atoms with Gasteiger partial charge in [-0.25, -0.2) is 8.42 Å². The second kappa shape index (κ2) is 5.63. The molecule has 6 heteroatoms. The first kappa shape index (κ1) is 13.4. The Kier molecular flexibility index (Phi) is 4.73. The van der Waals surface area contributed by atoms with Gasteiger partial charge in [0, 0.05) is 6.54 Å². The van der Waals surface area contributed by atoms with E-state index in [1.54, 1.807) is 6.92 Å². The van der Waals surface area contributed by atoms with E-state index in [1.165, 1.54) is 0 Å². The number of carboxylic acid groups (broad SMARTS) is 1. The van der Waals surface area contributed by atoms with Gasteiger partial charge in [-0.3, -0.25) is 4.79 Å². The molecule has 16 heavy (non-hydrogen) atoms. The van der Waals surface area contributed by atoms with Crippen LogP contribution in [0.15, 0.2) is 0 Å². The van der Waals surface area contributed by atoms with Gasteiger partial charge < -0.3 is 10.0 Å². The number of sulfone groups is 1. The Labute approximate surface area is 96.4 Å². The molecule has 1 heterocycles. The summed E-state index contributed by atoms with van der Waals surface area (Å²) in [4.78, 5) is 12.9. The summed E-state index contributed by atoms with van der Waals surface area (Å²) in [6.45, 7) is 3.91. The van der Waals surface area contributed by atoms with Gasteiger partial charge in [-0.15, -0.1) is 0 Å². The van der Waals surface area contributed by atoms with Crippen LogP contribution in [-0.2, 0) is 14.6 Å². The third-order valence-corrected chi connectivity index (χ3v) is 5.12. The Balaban J connectivity index is 2.52. The first-order valence-electron chi connectivity index (χ1n) is 5.64. The summed E-state index contributed by atoms with van der Waals surface area (Å²) in [5, 5.41) is 7.57. The van der Waals surface area contributed by atoms with Crippen molar-refractivity contribution in [1.29, 1.82) is 0 Å². The van der Waals surface area contributed by atoms with Gasteiger partial charge in [0.15, 0.2) is 15.1 Å². The summed E-state index contributed by atoms with van der Waals surface area (Å²) in [5.41, 5.74) is 0. The van der Waals surface area contributed by atoms with Crippen LogP contribution in [0, 0.1) is 0 Å². The molecule has 0 aromatic carbocycles. The molecule has 1 unspecified atom stereocenters. The van der Waals surface area contributed by atoms with E-state index in [0.717, 1.165) is 25.9 Å². The van der Waals surface area contributed by atoms with Crippen LogP contribution in [-0.4, -0.2) is 55.0 Å². The number of likely N-dealkylation sites (tertiary alicyclic amines) is 1. The van der Waals surface area contributed by atoms with Crippen molar-refractivity contribution >= 4 is 15.8 Å². The van der Waals surface area contributed by atoms with Crippen molar-refractivity contribution in [3.05, 3.63) is 0 Å². The Morgan fingerprint density at radius 2 is 1.94 bits per heavy atom. The Bertz CT molecular complexity index is 333. The van der Waals surface area contributed by atoms with Crippen molar-refractivity contribution in [2.45, 2.75) is 31.4 Å². The topological polar surface area (TPSA) is 74.7 Å². The van der Waals surface area contributed by atoms with Crippen molar-refractivity contribution in [3.8, 4) is 0 Å². The molecule has 1 fully saturated rings. The molecule has 94 valence electrons. The Hall–Kier alpha value is -0.620. The van der Waals surface area contributed by atoms with Crippen LogP contribution < -0.4 is 0 Å². The second-order valence-corrected chi connectivity index (χ2v) is 6.45. The summed E-state index contributed by atoms with van der Waals surface area (Å²) < 4.78 is 23.5. The monoisotopic (exact) mass is 249 g/mol. The Morgan fingerprint density at radius 1 is 1.38 bits per heavy atom. The summed E-state index contributed by atoms with van der Waals surface area (Å²) >= 11 is 0. The maximum Gasteiger partial charge on any atom is 0.321 e. The normalized spacial score (nSPS) is 19.8. The molecule has 0 aromatic rings. The van der Waals surface area contributed by atoms with Crippen LogP contribution in [0.3, 0.4) is 0 Å². The van der Waals surface area contributed by atoms with Crippen LogP contribution >= 0.6 is 0 Å².